The highest BCUT2D eigenvalue weighted by molar-refractivity contribution is 5.14. The molecule has 2 aliphatic heterocycles. The third-order valence-corrected chi connectivity index (χ3v) is 5.33. The van der Waals surface area contributed by atoms with Gasteiger partial charge in [-0.1, -0.05) is 30.3 Å². The fourth-order valence-corrected chi connectivity index (χ4v) is 3.73. The number of nitrogens with zero attached hydrogens (tertiary/aromatic N) is 2. The van der Waals surface area contributed by atoms with Crippen molar-refractivity contribution in [3.63, 3.8) is 0 Å². The molecule has 0 atom stereocenters. The predicted octanol–water partition coefficient (Wildman–Crippen LogP) is 2.01. The molecule has 2 saturated heterocycles. The smallest absolute Gasteiger partial charge is 0.0594 e. The van der Waals surface area contributed by atoms with E-state index in [4.69, 9.17) is 4.74 Å². The van der Waals surface area contributed by atoms with Crippen molar-refractivity contribution < 1.29 is 4.74 Å². The molecule has 2 heterocycles. The van der Waals surface area contributed by atoms with E-state index >= 15 is 0 Å². The quantitative estimate of drug-likeness (QED) is 0.738. The SMILES string of the molecule is c1ccc(CCN2CCC(NCCCN3CCOCC3)CC2)cc1. The molecule has 2 fully saturated rings. The van der Waals surface area contributed by atoms with Crippen molar-refractivity contribution in [1.82, 2.24) is 15.1 Å². The van der Waals surface area contributed by atoms with Gasteiger partial charge in [0.25, 0.3) is 0 Å². The zero-order valence-corrected chi connectivity index (χ0v) is 15.0. The molecule has 2 aliphatic rings. The number of likely N-dealkylation sites (tertiary alicyclic amines) is 1. The molecular weight excluding hydrogens is 298 g/mol. The lowest BCUT2D eigenvalue weighted by molar-refractivity contribution is 0.0373. The van der Waals surface area contributed by atoms with Gasteiger partial charge in [0.2, 0.25) is 0 Å². The minimum Gasteiger partial charge on any atom is -0.379 e. The van der Waals surface area contributed by atoms with E-state index in [1.165, 1.54) is 57.4 Å². The first-order chi connectivity index (χ1) is 11.9. The molecule has 4 heteroatoms. The third-order valence-electron chi connectivity index (χ3n) is 5.33. The second-order valence-corrected chi connectivity index (χ2v) is 7.11. The maximum atomic E-state index is 5.40. The van der Waals surface area contributed by atoms with Crippen molar-refractivity contribution in [2.24, 2.45) is 0 Å². The number of hydrogen-bond donors (Lipinski definition) is 1. The lowest BCUT2D eigenvalue weighted by atomic mass is 10.0. The van der Waals surface area contributed by atoms with Crippen LogP contribution in [0.2, 0.25) is 0 Å². The van der Waals surface area contributed by atoms with Crippen molar-refractivity contribution >= 4 is 0 Å². The molecule has 0 amide bonds. The van der Waals surface area contributed by atoms with Gasteiger partial charge in [0.1, 0.15) is 0 Å². The number of piperidine rings is 1. The largest absolute Gasteiger partial charge is 0.379 e. The Morgan fingerprint density at radius 1 is 0.917 bits per heavy atom. The first kappa shape index (κ1) is 17.9. The van der Waals surface area contributed by atoms with Gasteiger partial charge in [-0.3, -0.25) is 4.90 Å². The van der Waals surface area contributed by atoms with Crippen molar-refractivity contribution in [3.05, 3.63) is 35.9 Å². The number of benzene rings is 1. The Hall–Kier alpha value is -0.940. The number of ether oxygens (including phenoxy) is 1. The molecule has 1 N–H and O–H groups in total. The molecule has 1 aromatic rings. The molecule has 0 unspecified atom stereocenters. The number of rotatable bonds is 8. The van der Waals surface area contributed by atoms with E-state index in [2.05, 4.69) is 45.4 Å². The number of morpholine rings is 1. The van der Waals surface area contributed by atoms with Gasteiger partial charge in [0.05, 0.1) is 13.2 Å². The summed E-state index contributed by atoms with van der Waals surface area (Å²) in [6.45, 7) is 10.1. The van der Waals surface area contributed by atoms with Gasteiger partial charge in [-0.2, -0.15) is 0 Å². The van der Waals surface area contributed by atoms with Gasteiger partial charge in [0, 0.05) is 25.7 Å². The molecule has 0 radical (unpaired) electrons. The molecule has 0 aromatic heterocycles. The van der Waals surface area contributed by atoms with Crippen LogP contribution in [0.5, 0.6) is 0 Å². The Morgan fingerprint density at radius 3 is 2.38 bits per heavy atom. The summed E-state index contributed by atoms with van der Waals surface area (Å²) < 4.78 is 5.40. The number of nitrogens with one attached hydrogen (secondary N) is 1. The molecule has 134 valence electrons. The predicted molar refractivity (Wildman–Crippen MR) is 99.5 cm³/mol. The maximum absolute atomic E-state index is 5.40. The number of hydrogen-bond acceptors (Lipinski definition) is 4. The maximum Gasteiger partial charge on any atom is 0.0594 e. The van der Waals surface area contributed by atoms with E-state index in [9.17, 15) is 0 Å². The molecule has 1 aromatic carbocycles. The molecule has 0 bridgehead atoms. The highest BCUT2D eigenvalue weighted by Crippen LogP contribution is 2.11. The van der Waals surface area contributed by atoms with Gasteiger partial charge < -0.3 is 15.0 Å². The topological polar surface area (TPSA) is 27.7 Å². The summed E-state index contributed by atoms with van der Waals surface area (Å²) in [6.07, 6.45) is 5.03. The van der Waals surface area contributed by atoms with Crippen LogP contribution < -0.4 is 5.32 Å². The summed E-state index contributed by atoms with van der Waals surface area (Å²) in [5.74, 6) is 0. The van der Waals surface area contributed by atoms with Crippen molar-refractivity contribution in [2.45, 2.75) is 31.7 Å². The highest BCUT2D eigenvalue weighted by atomic mass is 16.5. The van der Waals surface area contributed by atoms with Gasteiger partial charge in [-0.05, 0) is 57.4 Å². The minimum absolute atomic E-state index is 0.725. The molecule has 4 nitrogen and oxygen atoms in total. The standard InChI is InChI=1S/C20H33N3O/c1-2-5-19(6-3-1)7-12-23-13-8-20(9-14-23)21-10-4-11-22-15-17-24-18-16-22/h1-3,5-6,20-21H,4,7-18H2. The van der Waals surface area contributed by atoms with Gasteiger partial charge in [-0.25, -0.2) is 0 Å². The van der Waals surface area contributed by atoms with E-state index in [0.29, 0.717) is 0 Å². The van der Waals surface area contributed by atoms with Crippen LogP contribution in [0, 0.1) is 0 Å². The van der Waals surface area contributed by atoms with Crippen LogP contribution in [-0.2, 0) is 11.2 Å². The molecule has 0 spiro atoms. The first-order valence-electron chi connectivity index (χ1n) is 9.70. The van der Waals surface area contributed by atoms with Crippen molar-refractivity contribution in [3.8, 4) is 0 Å². The lowest BCUT2D eigenvalue weighted by Crippen LogP contribution is -2.44. The van der Waals surface area contributed by atoms with Crippen LogP contribution in [0.15, 0.2) is 30.3 Å². The molecule has 24 heavy (non-hydrogen) atoms. The lowest BCUT2D eigenvalue weighted by Gasteiger charge is -2.33. The molecule has 3 rings (SSSR count). The van der Waals surface area contributed by atoms with Crippen LogP contribution in [0.25, 0.3) is 0 Å². The van der Waals surface area contributed by atoms with Gasteiger partial charge in [0.15, 0.2) is 0 Å². The van der Waals surface area contributed by atoms with Crippen LogP contribution in [-0.4, -0.2) is 74.9 Å². The Kier molecular flexibility index (Phi) is 7.55. The van der Waals surface area contributed by atoms with E-state index < -0.39 is 0 Å². The Labute approximate surface area is 147 Å². The van der Waals surface area contributed by atoms with Crippen LogP contribution in [0.4, 0.5) is 0 Å². The van der Waals surface area contributed by atoms with Gasteiger partial charge >= 0.3 is 0 Å². The second kappa shape index (κ2) is 10.1. The van der Waals surface area contributed by atoms with Crippen LogP contribution in [0.1, 0.15) is 24.8 Å². The zero-order valence-electron chi connectivity index (χ0n) is 15.0. The Morgan fingerprint density at radius 2 is 1.62 bits per heavy atom. The first-order valence-corrected chi connectivity index (χ1v) is 9.70. The molecule has 0 aliphatic carbocycles. The van der Waals surface area contributed by atoms with E-state index in [-0.39, 0.29) is 0 Å². The van der Waals surface area contributed by atoms with Crippen molar-refractivity contribution in [1.29, 1.82) is 0 Å². The summed E-state index contributed by atoms with van der Waals surface area (Å²) in [4.78, 5) is 5.15. The Bertz CT molecular complexity index is 439. The average molecular weight is 332 g/mol. The van der Waals surface area contributed by atoms with Crippen LogP contribution in [0.3, 0.4) is 0 Å². The Balaban J connectivity index is 1.23. The summed E-state index contributed by atoms with van der Waals surface area (Å²) >= 11 is 0. The monoisotopic (exact) mass is 331 g/mol. The third kappa shape index (κ3) is 6.17. The molecular formula is C20H33N3O. The van der Waals surface area contributed by atoms with Gasteiger partial charge in [-0.15, -0.1) is 0 Å². The zero-order chi connectivity index (χ0) is 16.5. The minimum atomic E-state index is 0.725. The van der Waals surface area contributed by atoms with Crippen LogP contribution >= 0.6 is 0 Å². The second-order valence-electron chi connectivity index (χ2n) is 7.11. The fraction of sp³-hybridized carbons (Fsp3) is 0.700. The normalized spacial score (nSPS) is 21.2. The fourth-order valence-electron chi connectivity index (χ4n) is 3.73. The van der Waals surface area contributed by atoms with E-state index in [1.54, 1.807) is 0 Å². The summed E-state index contributed by atoms with van der Waals surface area (Å²) in [6, 6.07) is 11.6. The van der Waals surface area contributed by atoms with E-state index in [1.807, 2.05) is 0 Å². The summed E-state index contributed by atoms with van der Waals surface area (Å²) in [7, 11) is 0. The molecule has 0 saturated carbocycles. The van der Waals surface area contributed by atoms with E-state index in [0.717, 1.165) is 38.9 Å². The summed E-state index contributed by atoms with van der Waals surface area (Å²) in [5.41, 5.74) is 1.46. The highest BCUT2D eigenvalue weighted by Gasteiger charge is 2.18. The summed E-state index contributed by atoms with van der Waals surface area (Å²) in [5, 5.41) is 3.77. The van der Waals surface area contributed by atoms with Crippen molar-refractivity contribution in [2.75, 3.05) is 59.0 Å². The average Bonchev–Trinajstić information content (AvgIpc) is 2.66.